The number of aliphatic carboxylic acids is 1. The normalized spacial score (nSPS) is 15.4. The summed E-state index contributed by atoms with van der Waals surface area (Å²) in [5.41, 5.74) is 2.16. The molecule has 2 atom stereocenters. The molecule has 2 heterocycles. The van der Waals surface area contributed by atoms with E-state index >= 15 is 0 Å². The van der Waals surface area contributed by atoms with Crippen LogP contribution in [0, 0.1) is 26.8 Å². The molecular formula is C36H35N5O10. The van der Waals surface area contributed by atoms with Crippen molar-refractivity contribution in [2.75, 3.05) is 26.3 Å². The molecule has 15 heteroatoms. The summed E-state index contributed by atoms with van der Waals surface area (Å²) in [6.07, 6.45) is -1.16. The summed E-state index contributed by atoms with van der Waals surface area (Å²) in [5, 5.41) is 38.0. The minimum atomic E-state index is -1.17. The van der Waals surface area contributed by atoms with Gasteiger partial charge in [-0.25, -0.2) is 6.57 Å². The minimum Gasteiger partial charge on any atom is -0.486 e. The highest BCUT2D eigenvalue weighted by Gasteiger charge is 2.32. The molecule has 6 rings (SSSR count). The summed E-state index contributed by atoms with van der Waals surface area (Å²) in [5.74, 6) is 0.0477. The fourth-order valence-electron chi connectivity index (χ4n) is 5.49. The van der Waals surface area contributed by atoms with Gasteiger partial charge in [0.25, 0.3) is 11.4 Å². The van der Waals surface area contributed by atoms with Gasteiger partial charge in [0.1, 0.15) is 25.4 Å². The molecule has 0 saturated carbocycles. The maximum atomic E-state index is 11.2. The smallest absolute Gasteiger partial charge is 0.308 e. The van der Waals surface area contributed by atoms with E-state index in [1.54, 1.807) is 0 Å². The van der Waals surface area contributed by atoms with Crippen molar-refractivity contribution >= 4 is 17.3 Å². The van der Waals surface area contributed by atoms with Crippen molar-refractivity contribution in [3.05, 3.63) is 139 Å². The summed E-state index contributed by atoms with van der Waals surface area (Å²) in [4.78, 5) is 35.7. The highest BCUT2D eigenvalue weighted by Crippen LogP contribution is 2.42. The SMILES string of the molecule is O=C(O)Cc1c([N+](=O)[O-])ccc2c1O[C@@H](CNCc1ccccc1)CO2.[C-]#[N+]Cc1c([N+](=O)[O-])ccc2c1O[C@@H](CNCc1ccccc1)CO2. The number of rotatable bonds is 13. The standard InChI is InChI=1S/C18H17N3O4.C18H18N2O6/c1-19-11-15-16(21(22)23)7-8-17-18(15)25-14(12-24-17)10-20-9-13-5-3-2-4-6-13;21-17(22)8-14-15(20(23)24)6-7-16-18(14)26-13(11-25-16)10-19-9-12-4-2-1-3-5-12/h2-8,14,20H,9-12H2;1-7,13,19H,8-11H2,(H,21,22)/t14-;13-/m00/s1. The Labute approximate surface area is 292 Å². The largest absolute Gasteiger partial charge is 0.486 e. The van der Waals surface area contributed by atoms with Crippen LogP contribution in [0.1, 0.15) is 22.3 Å². The van der Waals surface area contributed by atoms with E-state index < -0.39 is 22.2 Å². The molecule has 0 aliphatic carbocycles. The van der Waals surface area contributed by atoms with E-state index in [1.165, 1.54) is 24.3 Å². The first-order valence-corrected chi connectivity index (χ1v) is 16.0. The maximum absolute atomic E-state index is 11.2. The van der Waals surface area contributed by atoms with Crippen LogP contribution >= 0.6 is 0 Å². The lowest BCUT2D eigenvalue weighted by Crippen LogP contribution is -2.38. The van der Waals surface area contributed by atoms with Crippen LogP contribution in [0.4, 0.5) is 11.4 Å². The second-order valence-corrected chi connectivity index (χ2v) is 11.5. The first-order valence-electron chi connectivity index (χ1n) is 16.0. The summed E-state index contributed by atoms with van der Waals surface area (Å²) < 4.78 is 23.0. The van der Waals surface area contributed by atoms with E-state index in [0.717, 1.165) is 11.1 Å². The van der Waals surface area contributed by atoms with Crippen molar-refractivity contribution < 1.29 is 38.7 Å². The monoisotopic (exact) mass is 697 g/mol. The molecule has 0 saturated heterocycles. The molecule has 0 spiro atoms. The quantitative estimate of drug-likeness (QED) is 0.0955. The summed E-state index contributed by atoms with van der Waals surface area (Å²) in [6.45, 7) is 9.89. The van der Waals surface area contributed by atoms with Crippen LogP contribution in [0.2, 0.25) is 0 Å². The zero-order valence-electron chi connectivity index (χ0n) is 27.4. The Hall–Kier alpha value is -6.24. The molecule has 4 aromatic rings. The number of nitrogens with zero attached hydrogens (tertiary/aromatic N) is 3. The third kappa shape index (κ3) is 9.69. The first-order chi connectivity index (χ1) is 24.7. The Morgan fingerprint density at radius 3 is 1.63 bits per heavy atom. The number of benzene rings is 4. The number of carbonyl (C=O) groups is 1. The molecule has 0 aromatic heterocycles. The summed E-state index contributed by atoms with van der Waals surface area (Å²) >= 11 is 0. The van der Waals surface area contributed by atoms with Gasteiger partial charge in [-0.3, -0.25) is 25.0 Å². The number of nitrogens with one attached hydrogen (secondary N) is 2. The summed E-state index contributed by atoms with van der Waals surface area (Å²) in [6, 6.07) is 25.4. The van der Waals surface area contributed by atoms with E-state index in [4.69, 9.17) is 30.6 Å². The lowest BCUT2D eigenvalue weighted by molar-refractivity contribution is -0.385. The molecule has 15 nitrogen and oxygen atoms in total. The van der Waals surface area contributed by atoms with Gasteiger partial charge in [0.15, 0.2) is 28.6 Å². The Morgan fingerprint density at radius 1 is 0.745 bits per heavy atom. The molecule has 51 heavy (non-hydrogen) atoms. The number of fused-ring (bicyclic) bond motifs is 2. The molecule has 2 aliphatic rings. The molecular weight excluding hydrogens is 662 g/mol. The molecule has 0 amide bonds. The molecule has 3 N–H and O–H groups in total. The lowest BCUT2D eigenvalue weighted by Gasteiger charge is -2.28. The predicted molar refractivity (Wildman–Crippen MR) is 184 cm³/mol. The number of hydrogen-bond acceptors (Lipinski definition) is 11. The highest BCUT2D eigenvalue weighted by molar-refractivity contribution is 5.75. The van der Waals surface area contributed by atoms with Crippen molar-refractivity contribution in [2.45, 2.75) is 38.3 Å². The van der Waals surface area contributed by atoms with E-state index in [2.05, 4.69) is 15.5 Å². The fraction of sp³-hybridized carbons (Fsp3) is 0.278. The Morgan fingerprint density at radius 2 is 1.20 bits per heavy atom. The zero-order valence-corrected chi connectivity index (χ0v) is 27.4. The number of ether oxygens (including phenoxy) is 4. The molecule has 0 unspecified atom stereocenters. The zero-order chi connectivity index (χ0) is 36.2. The second-order valence-electron chi connectivity index (χ2n) is 11.5. The second kappa shape index (κ2) is 17.4. The van der Waals surface area contributed by atoms with Crippen molar-refractivity contribution in [2.24, 2.45) is 0 Å². The van der Waals surface area contributed by atoms with Crippen molar-refractivity contribution in [3.8, 4) is 23.0 Å². The first kappa shape index (κ1) is 36.1. The molecule has 4 aromatic carbocycles. The van der Waals surface area contributed by atoms with Gasteiger partial charge in [-0.2, -0.15) is 0 Å². The molecule has 0 bridgehead atoms. The number of carboxylic acid groups (broad SMARTS) is 1. The molecule has 0 fully saturated rings. The van der Waals surface area contributed by atoms with Gasteiger partial charge in [-0.1, -0.05) is 60.7 Å². The van der Waals surface area contributed by atoms with Gasteiger partial charge in [0.05, 0.1) is 21.8 Å². The number of nitro benzene ring substituents is 2. The predicted octanol–water partition coefficient (Wildman–Crippen LogP) is 5.10. The van der Waals surface area contributed by atoms with Crippen LogP contribution in [0.15, 0.2) is 84.9 Å². The van der Waals surface area contributed by atoms with E-state index in [9.17, 15) is 25.0 Å². The number of carboxylic acids is 1. The average molecular weight is 698 g/mol. The van der Waals surface area contributed by atoms with Crippen LogP contribution in [0.25, 0.3) is 4.85 Å². The Kier molecular flexibility index (Phi) is 12.3. The van der Waals surface area contributed by atoms with Crippen molar-refractivity contribution in [1.29, 1.82) is 0 Å². The Balaban J connectivity index is 0.000000198. The van der Waals surface area contributed by atoms with Crippen LogP contribution in [-0.2, 0) is 30.8 Å². The van der Waals surface area contributed by atoms with Gasteiger partial charge >= 0.3 is 5.97 Å². The third-order valence-corrected chi connectivity index (χ3v) is 7.86. The van der Waals surface area contributed by atoms with E-state index in [1.807, 2.05) is 60.7 Å². The van der Waals surface area contributed by atoms with Gasteiger partial charge in [0.2, 0.25) is 6.54 Å². The molecule has 2 aliphatic heterocycles. The third-order valence-electron chi connectivity index (χ3n) is 7.86. The van der Waals surface area contributed by atoms with Gasteiger partial charge in [-0.15, -0.1) is 0 Å². The van der Waals surface area contributed by atoms with Crippen LogP contribution in [-0.4, -0.2) is 59.4 Å². The van der Waals surface area contributed by atoms with Crippen LogP contribution < -0.4 is 29.6 Å². The topological polar surface area (TPSA) is 189 Å². The van der Waals surface area contributed by atoms with Gasteiger partial charge in [0, 0.05) is 38.3 Å². The molecule has 264 valence electrons. The minimum absolute atomic E-state index is 0.0211. The average Bonchev–Trinajstić information content (AvgIpc) is 3.13. The van der Waals surface area contributed by atoms with E-state index in [-0.39, 0.29) is 53.6 Å². The van der Waals surface area contributed by atoms with Gasteiger partial charge in [-0.05, 0) is 23.3 Å². The van der Waals surface area contributed by atoms with Gasteiger partial charge < -0.3 is 39.5 Å². The highest BCUT2D eigenvalue weighted by atomic mass is 16.6. The van der Waals surface area contributed by atoms with E-state index in [0.29, 0.717) is 50.0 Å². The Bertz CT molecular complexity index is 1890. The number of nitro groups is 2. The maximum Gasteiger partial charge on any atom is 0.308 e. The van der Waals surface area contributed by atoms with Crippen molar-refractivity contribution in [1.82, 2.24) is 10.6 Å². The number of hydrogen-bond donors (Lipinski definition) is 3. The van der Waals surface area contributed by atoms with Crippen LogP contribution in [0.5, 0.6) is 23.0 Å². The summed E-state index contributed by atoms with van der Waals surface area (Å²) in [7, 11) is 0. The molecule has 0 radical (unpaired) electrons. The van der Waals surface area contributed by atoms with Crippen LogP contribution in [0.3, 0.4) is 0 Å². The lowest BCUT2D eigenvalue weighted by atomic mass is 10.1. The fourth-order valence-corrected chi connectivity index (χ4v) is 5.49. The van der Waals surface area contributed by atoms with Crippen molar-refractivity contribution in [3.63, 3.8) is 0 Å².